The van der Waals surface area contributed by atoms with Crippen molar-refractivity contribution in [2.24, 2.45) is 0 Å². The van der Waals surface area contributed by atoms with E-state index in [1.165, 1.54) is 31.5 Å². The predicted octanol–water partition coefficient (Wildman–Crippen LogP) is 4.84. The lowest BCUT2D eigenvalue weighted by molar-refractivity contribution is -0.138. The zero-order valence-electron chi connectivity index (χ0n) is 18.2. The van der Waals surface area contributed by atoms with E-state index < -0.39 is 23.9 Å². The Morgan fingerprint density at radius 1 is 1.09 bits per heavy atom. The molecule has 1 aromatic heterocycles. The van der Waals surface area contributed by atoms with Crippen LogP contribution in [0.5, 0.6) is 11.6 Å². The van der Waals surface area contributed by atoms with Gasteiger partial charge in [0.15, 0.2) is 0 Å². The van der Waals surface area contributed by atoms with E-state index in [0.717, 1.165) is 6.07 Å². The number of rotatable bonds is 7. The van der Waals surface area contributed by atoms with Crippen molar-refractivity contribution in [3.63, 3.8) is 0 Å². The number of halogens is 3. The number of carbonyl (C=O) groups excluding carboxylic acids is 1. The van der Waals surface area contributed by atoms with Crippen molar-refractivity contribution in [2.45, 2.75) is 39.6 Å². The van der Waals surface area contributed by atoms with Gasteiger partial charge in [-0.05, 0) is 61.7 Å². The second-order valence-electron chi connectivity index (χ2n) is 7.51. The molecule has 0 aliphatic heterocycles. The van der Waals surface area contributed by atoms with E-state index >= 15 is 0 Å². The lowest BCUT2D eigenvalue weighted by Crippen LogP contribution is -2.16. The summed E-state index contributed by atoms with van der Waals surface area (Å²) < 4.78 is 45.0. The number of aromatic nitrogens is 2. The molecular weight excluding hydrogens is 437 g/mol. The van der Waals surface area contributed by atoms with Crippen molar-refractivity contribution in [1.29, 1.82) is 0 Å². The molecule has 174 valence electrons. The molecule has 3 N–H and O–H groups in total. The quantitative estimate of drug-likeness (QED) is 0.437. The van der Waals surface area contributed by atoms with Crippen LogP contribution < -0.4 is 15.4 Å². The largest absolute Gasteiger partial charge is 0.439 e. The maximum absolute atomic E-state index is 13.1. The first-order valence-corrected chi connectivity index (χ1v) is 10.0. The number of carbonyl (C=O) groups is 1. The van der Waals surface area contributed by atoms with E-state index in [9.17, 15) is 23.1 Å². The lowest BCUT2D eigenvalue weighted by Gasteiger charge is -2.13. The molecule has 0 spiro atoms. The molecule has 0 fully saturated rings. The number of nitrogens with zero attached hydrogens (tertiary/aromatic N) is 2. The molecule has 0 saturated carbocycles. The van der Waals surface area contributed by atoms with Crippen molar-refractivity contribution in [1.82, 2.24) is 9.97 Å². The van der Waals surface area contributed by atoms with Crippen LogP contribution in [0.1, 0.15) is 29.2 Å². The van der Waals surface area contributed by atoms with Gasteiger partial charge in [0.1, 0.15) is 24.1 Å². The lowest BCUT2D eigenvalue weighted by atomic mass is 10.0. The average Bonchev–Trinajstić information content (AvgIpc) is 2.70. The van der Waals surface area contributed by atoms with Crippen LogP contribution in [-0.4, -0.2) is 27.2 Å². The molecule has 0 bridgehead atoms. The third-order valence-corrected chi connectivity index (χ3v) is 4.67. The summed E-state index contributed by atoms with van der Waals surface area (Å²) in [4.78, 5) is 20.4. The fourth-order valence-electron chi connectivity index (χ4n) is 3.11. The summed E-state index contributed by atoms with van der Waals surface area (Å²) in [5.74, 6) is 0.665. The van der Waals surface area contributed by atoms with Gasteiger partial charge in [0.25, 0.3) is 0 Å². The van der Waals surface area contributed by atoms with Crippen LogP contribution >= 0.6 is 0 Å². The van der Waals surface area contributed by atoms with E-state index in [1.54, 1.807) is 32.0 Å². The Kier molecular flexibility index (Phi) is 7.17. The maximum Gasteiger partial charge on any atom is 0.416 e. The van der Waals surface area contributed by atoms with Crippen molar-refractivity contribution in [3.8, 4) is 11.6 Å². The molecule has 0 radical (unpaired) electrons. The summed E-state index contributed by atoms with van der Waals surface area (Å²) in [6.07, 6.45) is -4.17. The molecule has 2 aromatic carbocycles. The number of aliphatic hydroxyl groups excluding tert-OH is 1. The van der Waals surface area contributed by atoms with Crippen molar-refractivity contribution in [2.75, 3.05) is 10.6 Å². The summed E-state index contributed by atoms with van der Waals surface area (Å²) in [6, 6.07) is 10.3. The number of aliphatic hydroxyl groups is 1. The average molecular weight is 460 g/mol. The molecule has 0 aliphatic carbocycles. The monoisotopic (exact) mass is 460 g/mol. The van der Waals surface area contributed by atoms with Crippen LogP contribution in [0.4, 0.5) is 24.7 Å². The molecule has 1 amide bonds. The summed E-state index contributed by atoms with van der Waals surface area (Å²) in [7, 11) is 0. The van der Waals surface area contributed by atoms with E-state index in [2.05, 4.69) is 20.6 Å². The van der Waals surface area contributed by atoms with Crippen LogP contribution in [0, 0.1) is 13.8 Å². The summed E-state index contributed by atoms with van der Waals surface area (Å²) in [5.41, 5.74) is 0.831. The second-order valence-corrected chi connectivity index (χ2v) is 7.51. The molecule has 10 heteroatoms. The van der Waals surface area contributed by atoms with Gasteiger partial charge in [0.2, 0.25) is 11.8 Å². The highest BCUT2D eigenvalue weighted by Crippen LogP contribution is 2.32. The van der Waals surface area contributed by atoms with Crippen LogP contribution in [0.15, 0.2) is 48.8 Å². The molecule has 7 nitrogen and oxygen atoms in total. The van der Waals surface area contributed by atoms with Gasteiger partial charge in [-0.3, -0.25) is 4.79 Å². The molecule has 3 aromatic rings. The third kappa shape index (κ3) is 6.66. The van der Waals surface area contributed by atoms with E-state index in [-0.39, 0.29) is 23.4 Å². The molecular formula is C23H23F3N4O3. The highest BCUT2D eigenvalue weighted by atomic mass is 19.4. The van der Waals surface area contributed by atoms with Crippen LogP contribution in [0.3, 0.4) is 0 Å². The first-order chi connectivity index (χ1) is 15.5. The van der Waals surface area contributed by atoms with E-state index in [0.29, 0.717) is 22.8 Å². The zero-order chi connectivity index (χ0) is 24.2. The maximum atomic E-state index is 13.1. The number of aryl methyl sites for hydroxylation is 2. The van der Waals surface area contributed by atoms with Gasteiger partial charge in [0, 0.05) is 11.8 Å². The Labute approximate surface area is 188 Å². The molecule has 1 atom stereocenters. The molecule has 3 rings (SSSR count). The smallest absolute Gasteiger partial charge is 0.416 e. The first kappa shape index (κ1) is 24.0. The summed E-state index contributed by atoms with van der Waals surface area (Å²) >= 11 is 0. The number of alkyl halides is 3. The van der Waals surface area contributed by atoms with Crippen molar-refractivity contribution in [3.05, 3.63) is 71.0 Å². The molecule has 0 aliphatic rings. The summed E-state index contributed by atoms with van der Waals surface area (Å²) in [5, 5.41) is 14.8. The topological polar surface area (TPSA) is 96.4 Å². The first-order valence-electron chi connectivity index (χ1n) is 10.0. The number of nitrogens with one attached hydrogen (secondary N) is 2. The fraction of sp³-hybridized carbons (Fsp3) is 0.261. The number of anilines is 2. The van der Waals surface area contributed by atoms with Gasteiger partial charge in [-0.1, -0.05) is 12.1 Å². The minimum atomic E-state index is -4.47. The molecule has 0 saturated heterocycles. The SMILES string of the molecule is Cc1cc(Oc2cc(NC(C)O)ncn2)ccc1NC(=O)Cc1ccc(C)c(C(F)(F)F)c1. The van der Waals surface area contributed by atoms with E-state index in [1.807, 2.05) is 0 Å². The van der Waals surface area contributed by atoms with Gasteiger partial charge in [-0.15, -0.1) is 0 Å². The zero-order valence-corrected chi connectivity index (χ0v) is 18.2. The predicted molar refractivity (Wildman–Crippen MR) is 117 cm³/mol. The van der Waals surface area contributed by atoms with Crippen LogP contribution in [0.25, 0.3) is 0 Å². The molecule has 1 unspecified atom stereocenters. The molecule has 33 heavy (non-hydrogen) atoms. The number of amides is 1. The highest BCUT2D eigenvalue weighted by Gasteiger charge is 2.32. The third-order valence-electron chi connectivity index (χ3n) is 4.67. The number of hydrogen-bond acceptors (Lipinski definition) is 6. The Hall–Kier alpha value is -3.66. The standard InChI is InChI=1S/C23H23F3N4O3/c1-13-4-5-16(9-18(13)23(24,25)26)10-21(32)30-19-7-6-17(8-14(19)2)33-22-11-20(27-12-28-22)29-15(3)31/h4-9,11-12,15,31H,10H2,1-3H3,(H,30,32)(H,27,28,29). The Bertz CT molecular complexity index is 1150. The summed E-state index contributed by atoms with van der Waals surface area (Å²) in [6.45, 7) is 4.69. The van der Waals surface area contributed by atoms with Gasteiger partial charge >= 0.3 is 6.18 Å². The second kappa shape index (κ2) is 9.86. The van der Waals surface area contributed by atoms with Crippen molar-refractivity contribution >= 4 is 17.4 Å². The fourth-order valence-corrected chi connectivity index (χ4v) is 3.11. The minimum absolute atomic E-state index is 0.107. The Balaban J connectivity index is 1.67. The number of benzene rings is 2. The highest BCUT2D eigenvalue weighted by molar-refractivity contribution is 5.93. The van der Waals surface area contributed by atoms with Gasteiger partial charge < -0.3 is 20.5 Å². The van der Waals surface area contributed by atoms with Crippen LogP contribution in [0.2, 0.25) is 0 Å². The Morgan fingerprint density at radius 3 is 2.52 bits per heavy atom. The molecule has 1 heterocycles. The minimum Gasteiger partial charge on any atom is -0.439 e. The Morgan fingerprint density at radius 2 is 1.85 bits per heavy atom. The van der Waals surface area contributed by atoms with Gasteiger partial charge in [-0.2, -0.15) is 13.2 Å². The van der Waals surface area contributed by atoms with E-state index in [4.69, 9.17) is 4.74 Å². The number of ether oxygens (including phenoxy) is 1. The normalized spacial score (nSPS) is 12.2. The number of hydrogen-bond donors (Lipinski definition) is 3. The van der Waals surface area contributed by atoms with Gasteiger partial charge in [-0.25, -0.2) is 9.97 Å². The van der Waals surface area contributed by atoms with Crippen molar-refractivity contribution < 1.29 is 27.8 Å². The van der Waals surface area contributed by atoms with Gasteiger partial charge in [0.05, 0.1) is 12.0 Å². The van der Waals surface area contributed by atoms with Crippen LogP contribution in [-0.2, 0) is 17.4 Å².